The van der Waals surface area contributed by atoms with Crippen molar-refractivity contribution in [2.75, 3.05) is 0 Å². The third kappa shape index (κ3) is 5.90. The maximum absolute atomic E-state index is 9.92. The zero-order valence-corrected chi connectivity index (χ0v) is 5.86. The molecule has 0 aliphatic carbocycles. The number of phosphoric acid groups is 1. The summed E-state index contributed by atoms with van der Waals surface area (Å²) >= 11 is 0. The third-order valence-corrected chi connectivity index (χ3v) is 0.859. The monoisotopic (exact) mass is 169 g/mol. The van der Waals surface area contributed by atoms with E-state index in [-0.39, 0.29) is 0 Å². The van der Waals surface area contributed by atoms with E-state index in [1.807, 2.05) is 0 Å². The summed E-state index contributed by atoms with van der Waals surface area (Å²) in [5.41, 5.74) is 1.65. The Morgan fingerprint density at radius 3 is 2.50 bits per heavy atom. The molecular weight excluding hydrogens is 161 g/mol. The predicted molar refractivity (Wildman–Crippen MR) is 32.5 cm³/mol. The summed E-state index contributed by atoms with van der Waals surface area (Å²) < 4.78 is 13.6. The summed E-state index contributed by atoms with van der Waals surface area (Å²) in [6.45, 7) is 3.12. The molecule has 0 aliphatic heterocycles. The Bertz CT molecular complexity index is 153. The van der Waals surface area contributed by atoms with E-state index in [9.17, 15) is 4.57 Å². The Balaban J connectivity index is 3.55. The van der Waals surface area contributed by atoms with E-state index < -0.39 is 14.1 Å². The maximum atomic E-state index is 9.92. The van der Waals surface area contributed by atoms with Crippen molar-refractivity contribution < 1.29 is 24.1 Å². The Morgan fingerprint density at radius 1 is 1.70 bits per heavy atom. The van der Waals surface area contributed by atoms with Crippen LogP contribution in [0.5, 0.6) is 0 Å². The molecule has 0 aromatic heterocycles. The van der Waals surface area contributed by atoms with Crippen LogP contribution < -0.4 is 5.48 Å². The lowest BCUT2D eigenvalue weighted by molar-refractivity contribution is 0.0273. The van der Waals surface area contributed by atoms with E-state index in [1.165, 1.54) is 0 Å². The van der Waals surface area contributed by atoms with Gasteiger partial charge in [-0.05, 0) is 6.08 Å². The van der Waals surface area contributed by atoms with Crippen molar-refractivity contribution in [1.82, 2.24) is 5.48 Å². The van der Waals surface area contributed by atoms with Gasteiger partial charge >= 0.3 is 7.82 Å². The lowest BCUT2D eigenvalue weighted by atomic mass is 10.6. The second-order valence-electron chi connectivity index (χ2n) is 1.38. The molecule has 1 atom stereocenters. The molecule has 0 heterocycles. The van der Waals surface area contributed by atoms with Gasteiger partial charge in [-0.25, -0.2) is 4.57 Å². The molecule has 0 saturated heterocycles. The summed E-state index contributed by atoms with van der Waals surface area (Å²) in [6.07, 6.45) is -0.275. The predicted octanol–water partition coefficient (Wildman–Crippen LogP) is -0.895. The van der Waals surface area contributed by atoms with Crippen LogP contribution in [0.2, 0.25) is 0 Å². The smallest absolute Gasteiger partial charge is 0.373 e. The van der Waals surface area contributed by atoms with Gasteiger partial charge in [-0.15, -0.1) is 0 Å². The molecule has 0 bridgehead atoms. The lowest BCUT2D eigenvalue weighted by Gasteiger charge is -2.07. The van der Waals surface area contributed by atoms with Gasteiger partial charge in [-0.2, -0.15) is 10.1 Å². The van der Waals surface area contributed by atoms with Crippen molar-refractivity contribution in [3.63, 3.8) is 0 Å². The summed E-state index contributed by atoms with van der Waals surface area (Å²) in [5, 5.41) is 8.52. The fourth-order valence-corrected chi connectivity index (χ4v) is 0.416. The van der Waals surface area contributed by atoms with E-state index in [0.29, 0.717) is 0 Å². The van der Waals surface area contributed by atoms with Gasteiger partial charge in [0.05, 0.1) is 0 Å². The van der Waals surface area contributed by atoms with Crippen LogP contribution in [-0.4, -0.2) is 21.1 Å². The van der Waals surface area contributed by atoms with Gasteiger partial charge in [0.2, 0.25) is 0 Å². The number of aliphatic hydroxyl groups is 1. The van der Waals surface area contributed by atoms with Crippen LogP contribution in [0.3, 0.4) is 0 Å². The zero-order chi connectivity index (χ0) is 8.20. The van der Waals surface area contributed by atoms with Gasteiger partial charge in [-0.1, -0.05) is 6.58 Å². The van der Waals surface area contributed by atoms with Crippen LogP contribution in [0.15, 0.2) is 12.7 Å². The number of aliphatic hydroxyl groups excluding tert-OH is 1. The Kier molecular flexibility index (Phi) is 3.73. The molecule has 0 aromatic rings. The second kappa shape index (κ2) is 3.82. The average molecular weight is 169 g/mol. The van der Waals surface area contributed by atoms with Crippen molar-refractivity contribution in [3.05, 3.63) is 12.7 Å². The molecule has 0 amide bonds. The van der Waals surface area contributed by atoms with Crippen LogP contribution in [-0.2, 0) is 9.19 Å². The summed E-state index contributed by atoms with van der Waals surface area (Å²) in [7, 11) is -4.55. The van der Waals surface area contributed by atoms with E-state index in [2.05, 4.69) is 11.2 Å². The van der Waals surface area contributed by atoms with Crippen molar-refractivity contribution in [2.45, 2.75) is 6.23 Å². The minimum absolute atomic E-state index is 1.01. The lowest BCUT2D eigenvalue weighted by Crippen LogP contribution is -2.25. The molecule has 10 heavy (non-hydrogen) atoms. The highest BCUT2D eigenvalue weighted by molar-refractivity contribution is 7.46. The van der Waals surface area contributed by atoms with E-state index in [0.717, 1.165) is 6.08 Å². The molecule has 0 spiro atoms. The van der Waals surface area contributed by atoms with Gasteiger partial charge in [-0.3, -0.25) is 0 Å². The SMILES string of the molecule is C=CC(O)NOP(=O)(O)O. The number of hydrogen-bond acceptors (Lipinski definition) is 4. The number of nitrogens with one attached hydrogen (secondary N) is 1. The Labute approximate surface area is 57.3 Å². The van der Waals surface area contributed by atoms with E-state index >= 15 is 0 Å². The van der Waals surface area contributed by atoms with Gasteiger partial charge in [0.1, 0.15) is 6.23 Å². The minimum Gasteiger partial charge on any atom is -0.373 e. The van der Waals surface area contributed by atoms with E-state index in [4.69, 9.17) is 14.9 Å². The van der Waals surface area contributed by atoms with Gasteiger partial charge in [0.25, 0.3) is 0 Å². The van der Waals surface area contributed by atoms with Crippen molar-refractivity contribution in [2.24, 2.45) is 0 Å². The standard InChI is InChI=1S/C3H8NO5P/c1-2-3(5)4-9-10(6,7)8/h2-5H,1H2,(H2,6,7,8). The minimum atomic E-state index is -4.55. The zero-order valence-electron chi connectivity index (χ0n) is 4.97. The number of hydrogen-bond donors (Lipinski definition) is 4. The van der Waals surface area contributed by atoms with Gasteiger partial charge in [0, 0.05) is 0 Å². The molecule has 0 fully saturated rings. The fraction of sp³-hybridized carbons (Fsp3) is 0.333. The number of rotatable bonds is 4. The molecular formula is C3H8NO5P. The quantitative estimate of drug-likeness (QED) is 0.188. The third-order valence-electron chi connectivity index (χ3n) is 0.516. The van der Waals surface area contributed by atoms with Crippen LogP contribution in [0, 0.1) is 0 Å². The highest BCUT2D eigenvalue weighted by Crippen LogP contribution is 2.33. The van der Waals surface area contributed by atoms with Crippen molar-refractivity contribution >= 4 is 7.82 Å². The average Bonchev–Trinajstić information content (AvgIpc) is 1.81. The van der Waals surface area contributed by atoms with Crippen molar-refractivity contribution in [3.8, 4) is 0 Å². The molecule has 4 N–H and O–H groups in total. The highest BCUT2D eigenvalue weighted by Gasteiger charge is 2.14. The fourth-order valence-electron chi connectivity index (χ4n) is 0.171. The first-order valence-electron chi connectivity index (χ1n) is 2.26. The van der Waals surface area contributed by atoms with Crippen LogP contribution in [0.4, 0.5) is 0 Å². The van der Waals surface area contributed by atoms with Crippen LogP contribution in [0.25, 0.3) is 0 Å². The summed E-state index contributed by atoms with van der Waals surface area (Å²) in [6, 6.07) is 0. The maximum Gasteiger partial charge on any atom is 0.486 e. The molecule has 7 heteroatoms. The van der Waals surface area contributed by atoms with Gasteiger partial charge in [0.15, 0.2) is 0 Å². The molecule has 60 valence electrons. The highest BCUT2D eigenvalue weighted by atomic mass is 31.2. The molecule has 1 unspecified atom stereocenters. The Hall–Kier alpha value is -0.230. The first-order chi connectivity index (χ1) is 4.45. The number of hydroxylamine groups is 1. The topological polar surface area (TPSA) is 99.0 Å². The second-order valence-corrected chi connectivity index (χ2v) is 2.54. The summed E-state index contributed by atoms with van der Waals surface area (Å²) in [4.78, 5) is 16.1. The molecule has 0 aromatic carbocycles. The molecule has 6 nitrogen and oxygen atoms in total. The molecule has 0 aliphatic rings. The Morgan fingerprint density at radius 2 is 2.20 bits per heavy atom. The summed E-state index contributed by atoms with van der Waals surface area (Å²) in [5.74, 6) is 0. The van der Waals surface area contributed by atoms with E-state index in [1.54, 1.807) is 5.48 Å². The molecule has 0 saturated carbocycles. The van der Waals surface area contributed by atoms with Crippen molar-refractivity contribution in [1.29, 1.82) is 0 Å². The van der Waals surface area contributed by atoms with Crippen LogP contribution in [0.1, 0.15) is 0 Å². The molecule has 0 rings (SSSR count). The molecule has 0 radical (unpaired) electrons. The largest absolute Gasteiger partial charge is 0.486 e. The normalized spacial score (nSPS) is 14.7. The first-order valence-corrected chi connectivity index (χ1v) is 3.79. The first kappa shape index (κ1) is 9.77. The van der Waals surface area contributed by atoms with Gasteiger partial charge < -0.3 is 14.9 Å². The van der Waals surface area contributed by atoms with Crippen LogP contribution >= 0.6 is 7.82 Å².